The summed E-state index contributed by atoms with van der Waals surface area (Å²) in [6.45, 7) is 1.85. The molecule has 16 heavy (non-hydrogen) atoms. The molecule has 0 aromatic rings. The molecular weight excluding hydrogens is 208 g/mol. The maximum atomic E-state index is 11.9. The molecule has 0 N–H and O–H groups in total. The highest BCUT2D eigenvalue weighted by atomic mass is 16.5. The molecule has 2 saturated carbocycles. The standard InChI is InChI=1S/C12H18O4/c1-12(11(14)16-3)8-5-4-7(6-8)9(12)10(13)15-2/h7-9H,4-6H2,1-3H3/t7-,8-,9-,12-/m1/s1. The summed E-state index contributed by atoms with van der Waals surface area (Å²) in [6, 6.07) is 0. The number of carbonyl (C=O) groups excluding carboxylic acids is 2. The normalized spacial score (nSPS) is 40.8. The number of methoxy groups -OCH3 is 2. The Hall–Kier alpha value is -1.06. The van der Waals surface area contributed by atoms with Crippen LogP contribution in [-0.4, -0.2) is 26.2 Å². The van der Waals surface area contributed by atoms with Crippen molar-refractivity contribution in [2.45, 2.75) is 26.2 Å². The average molecular weight is 226 g/mol. The van der Waals surface area contributed by atoms with E-state index in [4.69, 9.17) is 9.47 Å². The lowest BCUT2D eigenvalue weighted by Crippen LogP contribution is -2.45. The van der Waals surface area contributed by atoms with E-state index in [0.29, 0.717) is 5.92 Å². The van der Waals surface area contributed by atoms with Gasteiger partial charge in [-0.2, -0.15) is 0 Å². The van der Waals surface area contributed by atoms with Gasteiger partial charge in [0.05, 0.1) is 25.6 Å². The first-order valence-corrected chi connectivity index (χ1v) is 5.72. The van der Waals surface area contributed by atoms with Gasteiger partial charge in [-0.05, 0) is 38.0 Å². The monoisotopic (exact) mass is 226 g/mol. The lowest BCUT2D eigenvalue weighted by atomic mass is 9.67. The summed E-state index contributed by atoms with van der Waals surface area (Å²) in [5, 5.41) is 0. The quantitative estimate of drug-likeness (QED) is 0.667. The van der Waals surface area contributed by atoms with Gasteiger partial charge in [0.1, 0.15) is 0 Å². The SMILES string of the molecule is COC(=O)[C@H]1[C@@H]2CC[C@H](C2)[C@@]1(C)C(=O)OC. The first-order chi connectivity index (χ1) is 7.55. The van der Waals surface area contributed by atoms with Crippen molar-refractivity contribution in [3.63, 3.8) is 0 Å². The summed E-state index contributed by atoms with van der Waals surface area (Å²) in [4.78, 5) is 23.7. The molecule has 2 rings (SSSR count). The molecule has 0 saturated heterocycles. The summed E-state index contributed by atoms with van der Waals surface area (Å²) >= 11 is 0. The Labute approximate surface area is 95.3 Å². The van der Waals surface area contributed by atoms with Crippen LogP contribution >= 0.6 is 0 Å². The molecule has 2 bridgehead atoms. The van der Waals surface area contributed by atoms with E-state index in [1.807, 2.05) is 6.92 Å². The van der Waals surface area contributed by atoms with E-state index < -0.39 is 5.41 Å². The molecule has 90 valence electrons. The van der Waals surface area contributed by atoms with Gasteiger partial charge in [0.25, 0.3) is 0 Å². The number of hydrogen-bond acceptors (Lipinski definition) is 4. The first kappa shape index (κ1) is 11.4. The van der Waals surface area contributed by atoms with Gasteiger partial charge >= 0.3 is 11.9 Å². The predicted molar refractivity (Wildman–Crippen MR) is 56.5 cm³/mol. The molecular formula is C12H18O4. The van der Waals surface area contributed by atoms with Crippen LogP contribution in [0, 0.1) is 23.2 Å². The van der Waals surface area contributed by atoms with Crippen molar-refractivity contribution in [3.05, 3.63) is 0 Å². The van der Waals surface area contributed by atoms with E-state index in [-0.39, 0.29) is 23.8 Å². The second kappa shape index (κ2) is 3.75. The zero-order valence-electron chi connectivity index (χ0n) is 9.99. The molecule has 0 heterocycles. The van der Waals surface area contributed by atoms with Crippen LogP contribution in [0.15, 0.2) is 0 Å². The van der Waals surface area contributed by atoms with Gasteiger partial charge in [-0.1, -0.05) is 0 Å². The van der Waals surface area contributed by atoms with Gasteiger partial charge in [-0.3, -0.25) is 9.59 Å². The van der Waals surface area contributed by atoms with Gasteiger partial charge in [-0.15, -0.1) is 0 Å². The fourth-order valence-corrected chi connectivity index (χ4v) is 3.69. The highest BCUT2D eigenvalue weighted by Gasteiger charge is 2.63. The number of rotatable bonds is 2. The Balaban J connectivity index is 2.34. The molecule has 0 aromatic carbocycles. The Bertz CT molecular complexity index is 325. The third-order valence-electron chi connectivity index (χ3n) is 4.52. The summed E-state index contributed by atoms with van der Waals surface area (Å²) < 4.78 is 9.70. The van der Waals surface area contributed by atoms with E-state index in [1.54, 1.807) is 0 Å². The fourth-order valence-electron chi connectivity index (χ4n) is 3.69. The van der Waals surface area contributed by atoms with E-state index in [1.165, 1.54) is 14.2 Å². The smallest absolute Gasteiger partial charge is 0.312 e. The average Bonchev–Trinajstić information content (AvgIpc) is 2.86. The Morgan fingerprint density at radius 2 is 1.88 bits per heavy atom. The van der Waals surface area contributed by atoms with Gasteiger partial charge in [0, 0.05) is 0 Å². The second-order valence-corrected chi connectivity index (χ2v) is 5.05. The third kappa shape index (κ3) is 1.28. The van der Waals surface area contributed by atoms with Crippen molar-refractivity contribution in [1.29, 1.82) is 0 Å². The van der Waals surface area contributed by atoms with Crippen LogP contribution in [0.1, 0.15) is 26.2 Å². The highest BCUT2D eigenvalue weighted by Crippen LogP contribution is 2.60. The molecule has 0 radical (unpaired) electrons. The van der Waals surface area contributed by atoms with Crippen LogP contribution < -0.4 is 0 Å². The summed E-state index contributed by atoms with van der Waals surface area (Å²) in [5.74, 6) is -0.283. The van der Waals surface area contributed by atoms with Gasteiger partial charge in [0.2, 0.25) is 0 Å². The van der Waals surface area contributed by atoms with Crippen molar-refractivity contribution in [2.75, 3.05) is 14.2 Å². The lowest BCUT2D eigenvalue weighted by Gasteiger charge is -2.36. The minimum Gasteiger partial charge on any atom is -0.469 e. The molecule has 4 atom stereocenters. The Morgan fingerprint density at radius 1 is 1.19 bits per heavy atom. The van der Waals surface area contributed by atoms with Crippen molar-refractivity contribution >= 4 is 11.9 Å². The lowest BCUT2D eigenvalue weighted by molar-refractivity contribution is -0.169. The Morgan fingerprint density at radius 3 is 2.44 bits per heavy atom. The van der Waals surface area contributed by atoms with Crippen molar-refractivity contribution in [1.82, 2.24) is 0 Å². The zero-order valence-corrected chi connectivity index (χ0v) is 9.99. The number of esters is 2. The molecule has 2 fully saturated rings. The molecule has 0 unspecified atom stereocenters. The topological polar surface area (TPSA) is 52.6 Å². The van der Waals surface area contributed by atoms with Crippen LogP contribution in [0.2, 0.25) is 0 Å². The second-order valence-electron chi connectivity index (χ2n) is 5.05. The van der Waals surface area contributed by atoms with Crippen LogP contribution in [0.25, 0.3) is 0 Å². The molecule has 0 aliphatic heterocycles. The van der Waals surface area contributed by atoms with E-state index in [0.717, 1.165) is 19.3 Å². The number of hydrogen-bond donors (Lipinski definition) is 0. The van der Waals surface area contributed by atoms with Crippen molar-refractivity contribution in [3.8, 4) is 0 Å². The van der Waals surface area contributed by atoms with Crippen molar-refractivity contribution in [2.24, 2.45) is 23.2 Å². The van der Waals surface area contributed by atoms with E-state index in [9.17, 15) is 9.59 Å². The van der Waals surface area contributed by atoms with Gasteiger partial charge < -0.3 is 9.47 Å². The first-order valence-electron chi connectivity index (χ1n) is 5.72. The molecule has 0 amide bonds. The van der Waals surface area contributed by atoms with Crippen LogP contribution in [0.5, 0.6) is 0 Å². The maximum absolute atomic E-state index is 11.9. The number of carbonyl (C=O) groups is 2. The third-order valence-corrected chi connectivity index (χ3v) is 4.52. The number of fused-ring (bicyclic) bond motifs is 2. The summed E-state index contributed by atoms with van der Waals surface area (Å²) in [6.07, 6.45) is 2.99. The van der Waals surface area contributed by atoms with E-state index >= 15 is 0 Å². The summed E-state index contributed by atoms with van der Waals surface area (Å²) in [5.41, 5.74) is -0.676. The van der Waals surface area contributed by atoms with E-state index in [2.05, 4.69) is 0 Å². The van der Waals surface area contributed by atoms with Gasteiger partial charge in [0.15, 0.2) is 0 Å². The summed E-state index contributed by atoms with van der Waals surface area (Å²) in [7, 11) is 2.76. The van der Waals surface area contributed by atoms with Crippen LogP contribution in [0.4, 0.5) is 0 Å². The molecule has 2 aliphatic rings. The highest BCUT2D eigenvalue weighted by molar-refractivity contribution is 5.86. The van der Waals surface area contributed by atoms with Crippen LogP contribution in [0.3, 0.4) is 0 Å². The van der Waals surface area contributed by atoms with Crippen molar-refractivity contribution < 1.29 is 19.1 Å². The minimum absolute atomic E-state index is 0.264. The largest absolute Gasteiger partial charge is 0.469 e. The molecule has 0 spiro atoms. The molecule has 0 aromatic heterocycles. The fraction of sp³-hybridized carbons (Fsp3) is 0.833. The molecule has 4 heteroatoms. The maximum Gasteiger partial charge on any atom is 0.312 e. The molecule has 4 nitrogen and oxygen atoms in total. The molecule has 2 aliphatic carbocycles. The predicted octanol–water partition coefficient (Wildman–Crippen LogP) is 1.38. The van der Waals surface area contributed by atoms with Gasteiger partial charge in [-0.25, -0.2) is 0 Å². The zero-order chi connectivity index (χ0) is 11.9. The minimum atomic E-state index is -0.676. The number of ether oxygens (including phenoxy) is 2. The Kier molecular flexibility index (Phi) is 2.68. The van der Waals surface area contributed by atoms with Crippen LogP contribution in [-0.2, 0) is 19.1 Å².